The number of hydrogen-bond donors (Lipinski definition) is 1. The maximum atomic E-state index is 11.6. The lowest BCUT2D eigenvalue weighted by atomic mass is 10.0. The largest absolute Gasteiger partial charge is 0.464 e. The molecule has 0 aliphatic carbocycles. The minimum atomic E-state index is -0.324. The van der Waals surface area contributed by atoms with Gasteiger partial charge in [-0.1, -0.05) is 17.7 Å². The van der Waals surface area contributed by atoms with Crippen LogP contribution in [0.5, 0.6) is 0 Å². The zero-order valence-corrected chi connectivity index (χ0v) is 11.3. The minimum Gasteiger partial charge on any atom is -0.464 e. The second kappa shape index (κ2) is 5.71. The molecule has 0 spiro atoms. The molecule has 1 N–H and O–H groups in total. The number of esters is 1. The van der Waals surface area contributed by atoms with E-state index in [-0.39, 0.29) is 12.0 Å². The molecule has 1 aromatic carbocycles. The summed E-state index contributed by atoms with van der Waals surface area (Å²) in [5, 5.41) is 3.22. The molecule has 1 aromatic rings. The summed E-state index contributed by atoms with van der Waals surface area (Å²) in [6.45, 7) is 10.2. The number of aryl methyl sites for hydroxylation is 3. The van der Waals surface area contributed by atoms with Crippen LogP contribution in [0.3, 0.4) is 0 Å². The smallest absolute Gasteiger partial charge is 0.328 e. The van der Waals surface area contributed by atoms with Crippen molar-refractivity contribution in [3.63, 3.8) is 0 Å². The number of benzene rings is 1. The zero-order chi connectivity index (χ0) is 13.0. The molecule has 0 aromatic heterocycles. The van der Waals surface area contributed by atoms with Gasteiger partial charge in [-0.3, -0.25) is 0 Å². The zero-order valence-electron chi connectivity index (χ0n) is 11.3. The lowest BCUT2D eigenvalue weighted by molar-refractivity contribution is -0.143. The van der Waals surface area contributed by atoms with E-state index >= 15 is 0 Å². The van der Waals surface area contributed by atoms with Crippen LogP contribution in [0.15, 0.2) is 12.1 Å². The van der Waals surface area contributed by atoms with E-state index in [9.17, 15) is 4.79 Å². The van der Waals surface area contributed by atoms with E-state index < -0.39 is 0 Å². The fourth-order valence-electron chi connectivity index (χ4n) is 1.95. The van der Waals surface area contributed by atoms with Crippen LogP contribution in [0.2, 0.25) is 0 Å². The van der Waals surface area contributed by atoms with Crippen molar-refractivity contribution in [3.05, 3.63) is 28.8 Å². The third-order valence-electron chi connectivity index (χ3n) is 2.68. The second-order valence-electron chi connectivity index (χ2n) is 4.39. The quantitative estimate of drug-likeness (QED) is 0.815. The van der Waals surface area contributed by atoms with Gasteiger partial charge in [0.05, 0.1) is 6.61 Å². The molecule has 0 amide bonds. The summed E-state index contributed by atoms with van der Waals surface area (Å²) in [6, 6.07) is 3.88. The predicted octanol–water partition coefficient (Wildman–Crippen LogP) is 2.98. The summed E-state index contributed by atoms with van der Waals surface area (Å²) >= 11 is 0. The Kier molecular flexibility index (Phi) is 4.55. The van der Waals surface area contributed by atoms with Gasteiger partial charge in [0.2, 0.25) is 0 Å². The Hall–Kier alpha value is -1.51. The van der Waals surface area contributed by atoms with E-state index in [2.05, 4.69) is 24.4 Å². The number of anilines is 1. The van der Waals surface area contributed by atoms with Crippen LogP contribution in [0.4, 0.5) is 5.69 Å². The molecule has 17 heavy (non-hydrogen) atoms. The molecule has 1 rings (SSSR count). The summed E-state index contributed by atoms with van der Waals surface area (Å²) in [4.78, 5) is 11.6. The van der Waals surface area contributed by atoms with E-state index in [1.54, 1.807) is 0 Å². The molecule has 0 saturated carbocycles. The number of nitrogens with one attached hydrogen (secondary N) is 1. The first-order chi connectivity index (χ1) is 7.95. The molecule has 0 aliphatic heterocycles. The average molecular weight is 235 g/mol. The summed E-state index contributed by atoms with van der Waals surface area (Å²) in [6.07, 6.45) is 0. The van der Waals surface area contributed by atoms with E-state index in [0.29, 0.717) is 6.61 Å². The van der Waals surface area contributed by atoms with Gasteiger partial charge in [0.25, 0.3) is 0 Å². The van der Waals surface area contributed by atoms with Gasteiger partial charge in [-0.2, -0.15) is 0 Å². The number of carbonyl (C=O) groups is 1. The normalized spacial score (nSPS) is 12.1. The maximum Gasteiger partial charge on any atom is 0.328 e. The van der Waals surface area contributed by atoms with Crippen LogP contribution in [0.1, 0.15) is 30.5 Å². The summed E-state index contributed by atoms with van der Waals surface area (Å²) in [7, 11) is 0. The Morgan fingerprint density at radius 3 is 2.29 bits per heavy atom. The van der Waals surface area contributed by atoms with Gasteiger partial charge in [0, 0.05) is 5.69 Å². The molecular formula is C14H21NO2. The predicted molar refractivity (Wildman–Crippen MR) is 70.4 cm³/mol. The highest BCUT2D eigenvalue weighted by molar-refractivity contribution is 5.79. The van der Waals surface area contributed by atoms with Gasteiger partial charge in [-0.05, 0) is 45.7 Å². The number of hydrogen-bond acceptors (Lipinski definition) is 3. The van der Waals surface area contributed by atoms with Crippen molar-refractivity contribution < 1.29 is 9.53 Å². The number of ether oxygens (including phenoxy) is 1. The van der Waals surface area contributed by atoms with Crippen LogP contribution in [-0.2, 0) is 9.53 Å². The van der Waals surface area contributed by atoms with Crippen molar-refractivity contribution in [1.29, 1.82) is 0 Å². The molecule has 0 fully saturated rings. The third kappa shape index (κ3) is 3.48. The lowest BCUT2D eigenvalue weighted by Gasteiger charge is -2.18. The molecule has 3 heteroatoms. The van der Waals surface area contributed by atoms with E-state index in [0.717, 1.165) is 16.8 Å². The summed E-state index contributed by atoms with van der Waals surface area (Å²) < 4.78 is 4.98. The molecule has 0 saturated heterocycles. The molecule has 0 heterocycles. The molecule has 0 aliphatic rings. The first-order valence-electron chi connectivity index (χ1n) is 5.96. The molecule has 3 nitrogen and oxygen atoms in total. The van der Waals surface area contributed by atoms with Gasteiger partial charge < -0.3 is 10.1 Å². The van der Waals surface area contributed by atoms with E-state index in [1.165, 1.54) is 5.56 Å². The van der Waals surface area contributed by atoms with Crippen molar-refractivity contribution >= 4 is 11.7 Å². The fourth-order valence-corrected chi connectivity index (χ4v) is 1.95. The Balaban J connectivity index is 2.85. The molecule has 94 valence electrons. The monoisotopic (exact) mass is 235 g/mol. The van der Waals surface area contributed by atoms with Crippen LogP contribution >= 0.6 is 0 Å². The SMILES string of the molecule is CCOC(=O)C(C)Nc1c(C)cc(C)cc1C. The highest BCUT2D eigenvalue weighted by Gasteiger charge is 2.15. The third-order valence-corrected chi connectivity index (χ3v) is 2.68. The molecule has 0 bridgehead atoms. The maximum absolute atomic E-state index is 11.6. The molecular weight excluding hydrogens is 214 g/mol. The molecule has 1 atom stereocenters. The molecule has 0 radical (unpaired) electrons. The highest BCUT2D eigenvalue weighted by Crippen LogP contribution is 2.22. The summed E-state index contributed by atoms with van der Waals surface area (Å²) in [5.74, 6) is -0.216. The average Bonchev–Trinajstić information content (AvgIpc) is 2.23. The van der Waals surface area contributed by atoms with Crippen molar-refractivity contribution in [2.75, 3.05) is 11.9 Å². The van der Waals surface area contributed by atoms with Gasteiger partial charge in [-0.15, -0.1) is 0 Å². The van der Waals surface area contributed by atoms with Gasteiger partial charge in [0.1, 0.15) is 6.04 Å². The Morgan fingerprint density at radius 1 is 1.29 bits per heavy atom. The topological polar surface area (TPSA) is 38.3 Å². The highest BCUT2D eigenvalue weighted by atomic mass is 16.5. The van der Waals surface area contributed by atoms with Crippen LogP contribution < -0.4 is 5.32 Å². The minimum absolute atomic E-state index is 0.216. The van der Waals surface area contributed by atoms with Gasteiger partial charge >= 0.3 is 5.97 Å². The molecule has 1 unspecified atom stereocenters. The van der Waals surface area contributed by atoms with E-state index in [1.807, 2.05) is 27.7 Å². The van der Waals surface area contributed by atoms with Gasteiger partial charge in [-0.25, -0.2) is 4.79 Å². The first kappa shape index (κ1) is 13.6. The van der Waals surface area contributed by atoms with Crippen molar-refractivity contribution in [3.8, 4) is 0 Å². The van der Waals surface area contributed by atoms with Crippen LogP contribution in [-0.4, -0.2) is 18.6 Å². The Bertz CT molecular complexity index is 390. The Morgan fingerprint density at radius 2 is 1.82 bits per heavy atom. The van der Waals surface area contributed by atoms with Crippen LogP contribution in [0.25, 0.3) is 0 Å². The first-order valence-corrected chi connectivity index (χ1v) is 5.96. The summed E-state index contributed by atoms with van der Waals surface area (Å²) in [5.41, 5.74) is 4.56. The Labute approximate surface area is 103 Å². The fraction of sp³-hybridized carbons (Fsp3) is 0.500. The number of carbonyl (C=O) groups excluding carboxylic acids is 1. The van der Waals surface area contributed by atoms with Crippen molar-refractivity contribution in [2.45, 2.75) is 40.7 Å². The van der Waals surface area contributed by atoms with Crippen LogP contribution in [0, 0.1) is 20.8 Å². The second-order valence-corrected chi connectivity index (χ2v) is 4.39. The van der Waals surface area contributed by atoms with E-state index in [4.69, 9.17) is 4.74 Å². The lowest BCUT2D eigenvalue weighted by Crippen LogP contribution is -2.28. The van der Waals surface area contributed by atoms with Crippen molar-refractivity contribution in [2.24, 2.45) is 0 Å². The standard InChI is InChI=1S/C14H21NO2/c1-6-17-14(16)12(5)15-13-10(3)7-9(2)8-11(13)4/h7-8,12,15H,6H2,1-5H3. The van der Waals surface area contributed by atoms with Crippen molar-refractivity contribution in [1.82, 2.24) is 0 Å². The van der Waals surface area contributed by atoms with Gasteiger partial charge in [0.15, 0.2) is 0 Å². The number of rotatable bonds is 4.